The number of hydrogen-bond donors (Lipinski definition) is 0. The van der Waals surface area contributed by atoms with Crippen molar-refractivity contribution in [2.75, 3.05) is 52.6 Å². The highest BCUT2D eigenvalue weighted by Crippen LogP contribution is 2.52. The molecule has 32 heavy (non-hydrogen) atoms. The Hall–Kier alpha value is -0.160. The Morgan fingerprint density at radius 1 is 0.625 bits per heavy atom. The summed E-state index contributed by atoms with van der Waals surface area (Å²) in [5, 5.41) is 0. The van der Waals surface area contributed by atoms with Crippen LogP contribution in [0.25, 0.3) is 0 Å². The molecule has 0 spiro atoms. The Morgan fingerprint density at radius 2 is 1.00 bits per heavy atom. The molecule has 0 aromatic heterocycles. The first-order chi connectivity index (χ1) is 15.4. The molecule has 0 N–H and O–H groups in total. The van der Waals surface area contributed by atoms with E-state index in [2.05, 4.69) is 37.5 Å². The first-order valence-electron chi connectivity index (χ1n) is 13.8. The molecule has 2 saturated heterocycles. The Balaban J connectivity index is 1.40. The SMILES string of the molecule is CC(C)(CCC(C)(C)C1CCCC[C]1N1CCOCC1)C1CCCC[C]1N1CCOCC1. The third-order valence-corrected chi connectivity index (χ3v) is 9.29. The fourth-order valence-corrected chi connectivity index (χ4v) is 7.13. The molecule has 2 atom stereocenters. The van der Waals surface area contributed by atoms with Crippen LogP contribution in [0.3, 0.4) is 0 Å². The summed E-state index contributed by atoms with van der Waals surface area (Å²) >= 11 is 0. The van der Waals surface area contributed by atoms with Gasteiger partial charge in [-0.2, -0.15) is 0 Å². The molecule has 2 aliphatic carbocycles. The molecular weight excluding hydrogens is 396 g/mol. The van der Waals surface area contributed by atoms with E-state index in [1.54, 1.807) is 12.1 Å². The summed E-state index contributed by atoms with van der Waals surface area (Å²) in [4.78, 5) is 5.40. The van der Waals surface area contributed by atoms with Crippen molar-refractivity contribution < 1.29 is 9.47 Å². The van der Waals surface area contributed by atoms with Gasteiger partial charge in [-0.05, 0) is 61.2 Å². The standard InChI is InChI=1S/C28H50N2O2/c1-27(2,23-9-5-7-11-25(23)29-15-19-31-20-16-29)13-14-28(3,4)24-10-6-8-12-26(24)30-17-21-32-22-18-30/h23-24H,5-22H2,1-4H3. The van der Waals surface area contributed by atoms with Crippen LogP contribution >= 0.6 is 0 Å². The monoisotopic (exact) mass is 446 g/mol. The molecular formula is C28H50N2O2. The van der Waals surface area contributed by atoms with Crippen LogP contribution in [0.2, 0.25) is 0 Å². The van der Waals surface area contributed by atoms with Crippen LogP contribution in [0.1, 0.15) is 91.9 Å². The maximum atomic E-state index is 5.66. The van der Waals surface area contributed by atoms with Gasteiger partial charge >= 0.3 is 0 Å². The first kappa shape index (κ1) is 24.9. The molecule has 0 aromatic carbocycles. The second kappa shape index (κ2) is 11.1. The molecule has 4 fully saturated rings. The smallest absolute Gasteiger partial charge is 0.0594 e. The lowest BCUT2D eigenvalue weighted by Gasteiger charge is -2.50. The number of nitrogens with zero attached hydrogens (tertiary/aromatic N) is 2. The lowest BCUT2D eigenvalue weighted by molar-refractivity contribution is -0.00236. The molecule has 4 heteroatoms. The van der Waals surface area contributed by atoms with E-state index in [-0.39, 0.29) is 0 Å². The van der Waals surface area contributed by atoms with E-state index in [0.717, 1.165) is 64.4 Å². The van der Waals surface area contributed by atoms with Crippen molar-refractivity contribution in [2.45, 2.75) is 91.9 Å². The molecule has 2 aliphatic heterocycles. The fourth-order valence-electron chi connectivity index (χ4n) is 7.13. The molecule has 2 saturated carbocycles. The third kappa shape index (κ3) is 5.90. The molecule has 4 nitrogen and oxygen atoms in total. The van der Waals surface area contributed by atoms with Gasteiger partial charge in [0.2, 0.25) is 0 Å². The number of hydrogen-bond acceptors (Lipinski definition) is 4. The van der Waals surface area contributed by atoms with Crippen LogP contribution < -0.4 is 0 Å². The van der Waals surface area contributed by atoms with Gasteiger partial charge in [0.25, 0.3) is 0 Å². The van der Waals surface area contributed by atoms with Crippen molar-refractivity contribution in [3.8, 4) is 0 Å². The summed E-state index contributed by atoms with van der Waals surface area (Å²) in [6.07, 6.45) is 13.6. The van der Waals surface area contributed by atoms with Crippen molar-refractivity contribution in [3.63, 3.8) is 0 Å². The van der Waals surface area contributed by atoms with Crippen LogP contribution in [-0.2, 0) is 9.47 Å². The Labute approximate surface area is 198 Å². The zero-order chi connectivity index (χ0) is 22.6. The predicted molar refractivity (Wildman–Crippen MR) is 132 cm³/mol. The molecule has 4 aliphatic rings. The van der Waals surface area contributed by atoms with Gasteiger partial charge in [-0.3, -0.25) is 9.80 Å². The van der Waals surface area contributed by atoms with E-state index < -0.39 is 0 Å². The molecule has 184 valence electrons. The molecule has 0 aromatic rings. The van der Waals surface area contributed by atoms with Gasteiger partial charge < -0.3 is 9.47 Å². The minimum absolute atomic E-state index is 0.374. The summed E-state index contributed by atoms with van der Waals surface area (Å²) < 4.78 is 11.3. The lowest BCUT2D eigenvalue weighted by Crippen LogP contribution is -2.48. The van der Waals surface area contributed by atoms with E-state index in [9.17, 15) is 0 Å². The van der Waals surface area contributed by atoms with E-state index in [1.165, 1.54) is 64.2 Å². The van der Waals surface area contributed by atoms with Gasteiger partial charge in [-0.15, -0.1) is 0 Å². The average molecular weight is 447 g/mol. The van der Waals surface area contributed by atoms with Crippen LogP contribution in [0.15, 0.2) is 0 Å². The maximum absolute atomic E-state index is 5.66. The molecule has 0 amide bonds. The second-order valence-electron chi connectivity index (χ2n) is 12.3. The van der Waals surface area contributed by atoms with E-state index >= 15 is 0 Å². The minimum atomic E-state index is 0.374. The van der Waals surface area contributed by atoms with E-state index in [1.807, 2.05) is 0 Å². The number of ether oxygens (including phenoxy) is 2. The summed E-state index contributed by atoms with van der Waals surface area (Å²) in [5.74, 6) is 1.50. The Kier molecular flexibility index (Phi) is 8.62. The van der Waals surface area contributed by atoms with Crippen LogP contribution in [0.4, 0.5) is 0 Å². The van der Waals surface area contributed by atoms with Crippen molar-refractivity contribution in [3.05, 3.63) is 12.1 Å². The molecule has 0 bridgehead atoms. The van der Waals surface area contributed by atoms with Gasteiger partial charge in [-0.25, -0.2) is 0 Å². The van der Waals surface area contributed by atoms with E-state index in [0.29, 0.717) is 10.8 Å². The van der Waals surface area contributed by atoms with Crippen molar-refractivity contribution in [1.29, 1.82) is 0 Å². The predicted octanol–water partition coefficient (Wildman–Crippen LogP) is 5.93. The van der Waals surface area contributed by atoms with Crippen LogP contribution in [-0.4, -0.2) is 62.4 Å². The summed E-state index contributed by atoms with van der Waals surface area (Å²) in [6.45, 7) is 18.4. The summed E-state index contributed by atoms with van der Waals surface area (Å²) in [7, 11) is 0. The van der Waals surface area contributed by atoms with Crippen LogP contribution in [0.5, 0.6) is 0 Å². The minimum Gasteiger partial charge on any atom is -0.379 e. The highest BCUT2D eigenvalue weighted by molar-refractivity contribution is 5.07. The Morgan fingerprint density at radius 3 is 1.38 bits per heavy atom. The maximum Gasteiger partial charge on any atom is 0.0594 e. The van der Waals surface area contributed by atoms with Gasteiger partial charge in [0.05, 0.1) is 26.4 Å². The largest absolute Gasteiger partial charge is 0.379 e. The van der Waals surface area contributed by atoms with Gasteiger partial charge in [0.1, 0.15) is 0 Å². The topological polar surface area (TPSA) is 24.9 Å². The fraction of sp³-hybridized carbons (Fsp3) is 0.929. The molecule has 2 heterocycles. The number of rotatable bonds is 7. The highest BCUT2D eigenvalue weighted by Gasteiger charge is 2.44. The normalized spacial score (nSPS) is 31.1. The zero-order valence-electron chi connectivity index (χ0n) is 21.6. The zero-order valence-corrected chi connectivity index (χ0v) is 21.6. The first-order valence-corrected chi connectivity index (χ1v) is 13.8. The third-order valence-electron chi connectivity index (χ3n) is 9.29. The summed E-state index contributed by atoms with van der Waals surface area (Å²) in [5.41, 5.74) is 0.748. The van der Waals surface area contributed by atoms with Gasteiger partial charge in [0, 0.05) is 38.3 Å². The average Bonchev–Trinajstić information content (AvgIpc) is 2.84. The second-order valence-corrected chi connectivity index (χ2v) is 12.3. The quantitative estimate of drug-likeness (QED) is 0.484. The van der Waals surface area contributed by atoms with Crippen molar-refractivity contribution in [2.24, 2.45) is 22.7 Å². The number of morpholine rings is 2. The van der Waals surface area contributed by atoms with E-state index in [4.69, 9.17) is 9.47 Å². The molecule has 4 rings (SSSR count). The lowest BCUT2D eigenvalue weighted by atomic mass is 9.61. The van der Waals surface area contributed by atoms with Crippen molar-refractivity contribution in [1.82, 2.24) is 9.80 Å². The van der Waals surface area contributed by atoms with Crippen LogP contribution in [0, 0.1) is 34.7 Å². The van der Waals surface area contributed by atoms with Crippen molar-refractivity contribution >= 4 is 0 Å². The van der Waals surface area contributed by atoms with Gasteiger partial charge in [-0.1, -0.05) is 53.4 Å². The molecule has 2 radical (unpaired) electrons. The Bertz CT molecular complexity index is 516. The summed E-state index contributed by atoms with van der Waals surface area (Å²) in [6, 6.07) is 3.53. The van der Waals surface area contributed by atoms with Gasteiger partial charge in [0.15, 0.2) is 0 Å². The molecule has 2 unspecified atom stereocenters. The highest BCUT2D eigenvalue weighted by atomic mass is 16.5.